The molecule has 0 spiro atoms. The minimum absolute atomic E-state index is 0.277. The molecule has 2 N–H and O–H groups in total. The third kappa shape index (κ3) is 2.84. The van der Waals surface area contributed by atoms with Crippen LogP contribution in [-0.2, 0) is 21.3 Å². The van der Waals surface area contributed by atoms with Crippen LogP contribution >= 0.6 is 0 Å². The second-order valence-corrected chi connectivity index (χ2v) is 5.59. The number of rotatable bonds is 5. The van der Waals surface area contributed by atoms with Gasteiger partial charge in [0.15, 0.2) is 5.82 Å². The maximum atomic E-state index is 11.5. The van der Waals surface area contributed by atoms with Gasteiger partial charge in [0.2, 0.25) is 0 Å². The van der Waals surface area contributed by atoms with E-state index in [2.05, 4.69) is 15.2 Å². The van der Waals surface area contributed by atoms with Gasteiger partial charge in [-0.25, -0.2) is 13.6 Å². The molecular weight excluding hydrogens is 282 g/mol. The van der Waals surface area contributed by atoms with Gasteiger partial charge >= 0.3 is 0 Å². The number of hydrogen-bond donors (Lipinski definition) is 1. The van der Waals surface area contributed by atoms with Gasteiger partial charge in [-0.15, -0.1) is 10.2 Å². The third-order valence-corrected chi connectivity index (χ3v) is 3.55. The van der Waals surface area contributed by atoms with E-state index < -0.39 is 10.0 Å². The van der Waals surface area contributed by atoms with Crippen molar-refractivity contribution in [2.24, 2.45) is 5.14 Å². The van der Waals surface area contributed by atoms with E-state index in [1.54, 1.807) is 25.3 Å². The molecule has 20 heavy (non-hydrogen) atoms. The third-order valence-electron chi connectivity index (χ3n) is 2.74. The summed E-state index contributed by atoms with van der Waals surface area (Å²) in [5, 5.41) is 12.5. The zero-order valence-electron chi connectivity index (χ0n) is 11.1. The van der Waals surface area contributed by atoms with Crippen molar-refractivity contribution in [2.45, 2.75) is 18.6 Å². The van der Waals surface area contributed by atoms with Crippen molar-refractivity contribution < 1.29 is 13.2 Å². The van der Waals surface area contributed by atoms with Gasteiger partial charge in [-0.05, 0) is 19.1 Å². The van der Waals surface area contributed by atoms with Crippen LogP contribution in [0.25, 0.3) is 11.4 Å². The minimum Gasteiger partial charge on any atom is -0.383 e. The number of ether oxygens (including phenoxy) is 1. The zero-order chi connectivity index (χ0) is 14.8. The summed E-state index contributed by atoms with van der Waals surface area (Å²) in [6.45, 7) is 2.40. The molecular formula is C11H15N5O3S. The average Bonchev–Trinajstić information content (AvgIpc) is 2.80. The van der Waals surface area contributed by atoms with E-state index in [4.69, 9.17) is 9.88 Å². The van der Waals surface area contributed by atoms with Crippen LogP contribution < -0.4 is 5.14 Å². The van der Waals surface area contributed by atoms with Crippen LogP contribution in [0.3, 0.4) is 0 Å². The SMILES string of the molecule is COCCn1c(-c2cccnc2C)nnc1S(N)(=O)=O. The Kier molecular flexibility index (Phi) is 4.12. The van der Waals surface area contributed by atoms with Gasteiger partial charge in [0.25, 0.3) is 15.2 Å². The van der Waals surface area contributed by atoms with Gasteiger partial charge in [0.05, 0.1) is 13.2 Å². The van der Waals surface area contributed by atoms with E-state index >= 15 is 0 Å². The molecule has 2 rings (SSSR count). The van der Waals surface area contributed by atoms with Crippen LogP contribution in [0.2, 0.25) is 0 Å². The molecule has 2 aromatic heterocycles. The Morgan fingerprint density at radius 3 is 2.75 bits per heavy atom. The van der Waals surface area contributed by atoms with Gasteiger partial charge in [0, 0.05) is 24.6 Å². The van der Waals surface area contributed by atoms with Gasteiger partial charge in [-0.2, -0.15) is 0 Å². The summed E-state index contributed by atoms with van der Waals surface area (Å²) in [4.78, 5) is 4.16. The number of aromatic nitrogens is 4. The molecule has 0 aromatic carbocycles. The lowest BCUT2D eigenvalue weighted by Gasteiger charge is -2.09. The van der Waals surface area contributed by atoms with Crippen molar-refractivity contribution in [1.82, 2.24) is 19.7 Å². The highest BCUT2D eigenvalue weighted by Gasteiger charge is 2.22. The van der Waals surface area contributed by atoms with E-state index in [0.717, 1.165) is 5.69 Å². The smallest absolute Gasteiger partial charge is 0.273 e. The fourth-order valence-electron chi connectivity index (χ4n) is 1.80. The molecule has 0 bridgehead atoms. The topological polar surface area (TPSA) is 113 Å². The van der Waals surface area contributed by atoms with Crippen LogP contribution in [0.4, 0.5) is 0 Å². The molecule has 0 saturated carbocycles. The highest BCUT2D eigenvalue weighted by molar-refractivity contribution is 7.89. The fraction of sp³-hybridized carbons (Fsp3) is 0.364. The molecule has 0 aliphatic carbocycles. The lowest BCUT2D eigenvalue weighted by atomic mass is 10.2. The predicted molar refractivity (Wildman–Crippen MR) is 71.2 cm³/mol. The van der Waals surface area contributed by atoms with Crippen LogP contribution in [0.15, 0.2) is 23.5 Å². The summed E-state index contributed by atoms with van der Waals surface area (Å²) in [5.41, 5.74) is 1.42. The van der Waals surface area contributed by atoms with Gasteiger partial charge < -0.3 is 4.74 Å². The number of nitrogens with zero attached hydrogens (tertiary/aromatic N) is 4. The fourth-order valence-corrected chi connectivity index (χ4v) is 2.44. The summed E-state index contributed by atoms with van der Waals surface area (Å²) in [6, 6.07) is 3.54. The Hall–Kier alpha value is -1.84. The zero-order valence-corrected chi connectivity index (χ0v) is 12.0. The monoisotopic (exact) mass is 297 g/mol. The van der Waals surface area contributed by atoms with Crippen LogP contribution in [0.5, 0.6) is 0 Å². The van der Waals surface area contributed by atoms with E-state index in [1.807, 2.05) is 0 Å². The molecule has 9 heteroatoms. The summed E-state index contributed by atoms with van der Waals surface area (Å²) in [6.07, 6.45) is 1.65. The normalized spacial score (nSPS) is 11.8. The Morgan fingerprint density at radius 1 is 1.40 bits per heavy atom. The Labute approximate surface area is 116 Å². The lowest BCUT2D eigenvalue weighted by Crippen LogP contribution is -2.20. The molecule has 0 saturated heterocycles. The van der Waals surface area contributed by atoms with E-state index in [-0.39, 0.29) is 11.7 Å². The summed E-state index contributed by atoms with van der Waals surface area (Å²) in [5.74, 6) is 0.400. The molecule has 0 radical (unpaired) electrons. The number of nitrogens with two attached hydrogens (primary N) is 1. The Morgan fingerprint density at radius 2 is 2.15 bits per heavy atom. The molecule has 8 nitrogen and oxygen atoms in total. The lowest BCUT2D eigenvalue weighted by molar-refractivity contribution is 0.185. The molecule has 0 unspecified atom stereocenters. The van der Waals surface area contributed by atoms with Crippen molar-refractivity contribution in [3.05, 3.63) is 24.0 Å². The number of methoxy groups -OCH3 is 1. The minimum atomic E-state index is -3.95. The standard InChI is InChI=1S/C11H15N5O3S/c1-8-9(4-3-5-13-8)10-14-15-11(20(12,17)18)16(10)6-7-19-2/h3-5H,6-7H2,1-2H3,(H2,12,17,18). The first-order valence-electron chi connectivity index (χ1n) is 5.82. The Bertz CT molecular complexity index is 711. The molecule has 2 heterocycles. The highest BCUT2D eigenvalue weighted by Crippen LogP contribution is 2.22. The largest absolute Gasteiger partial charge is 0.383 e. The summed E-state index contributed by atoms with van der Waals surface area (Å²) < 4.78 is 29.5. The molecule has 0 aliphatic heterocycles. The molecule has 0 atom stereocenters. The van der Waals surface area contributed by atoms with Crippen LogP contribution in [-0.4, -0.2) is 41.9 Å². The van der Waals surface area contributed by atoms with E-state index in [1.165, 1.54) is 11.7 Å². The first-order valence-corrected chi connectivity index (χ1v) is 7.36. The quantitative estimate of drug-likeness (QED) is 0.827. The van der Waals surface area contributed by atoms with Gasteiger partial charge in [-0.3, -0.25) is 9.55 Å². The Balaban J connectivity index is 2.60. The van der Waals surface area contributed by atoms with Crippen molar-refractivity contribution in [1.29, 1.82) is 0 Å². The second-order valence-electron chi connectivity index (χ2n) is 4.13. The number of sulfonamides is 1. The van der Waals surface area contributed by atoms with Crippen molar-refractivity contribution in [3.8, 4) is 11.4 Å². The van der Waals surface area contributed by atoms with Crippen LogP contribution in [0.1, 0.15) is 5.69 Å². The first-order chi connectivity index (χ1) is 9.45. The second kappa shape index (κ2) is 5.65. The predicted octanol–water partition coefficient (Wildman–Crippen LogP) is -0.0577. The summed E-state index contributed by atoms with van der Waals surface area (Å²) in [7, 11) is -2.43. The number of pyridine rings is 1. The number of primary sulfonamides is 1. The number of hydrogen-bond acceptors (Lipinski definition) is 6. The number of aryl methyl sites for hydroxylation is 1. The van der Waals surface area contributed by atoms with Crippen molar-refractivity contribution in [2.75, 3.05) is 13.7 Å². The highest BCUT2D eigenvalue weighted by atomic mass is 32.2. The maximum absolute atomic E-state index is 11.5. The summed E-state index contributed by atoms with van der Waals surface area (Å²) >= 11 is 0. The molecule has 2 aromatic rings. The molecule has 0 amide bonds. The molecule has 108 valence electrons. The maximum Gasteiger partial charge on any atom is 0.273 e. The van der Waals surface area contributed by atoms with E-state index in [9.17, 15) is 8.42 Å². The van der Waals surface area contributed by atoms with Crippen LogP contribution in [0, 0.1) is 6.92 Å². The average molecular weight is 297 g/mol. The van der Waals surface area contributed by atoms with E-state index in [0.29, 0.717) is 18.0 Å². The van der Waals surface area contributed by atoms with Gasteiger partial charge in [0.1, 0.15) is 0 Å². The van der Waals surface area contributed by atoms with Crippen molar-refractivity contribution >= 4 is 10.0 Å². The van der Waals surface area contributed by atoms with Crippen molar-refractivity contribution in [3.63, 3.8) is 0 Å². The van der Waals surface area contributed by atoms with Gasteiger partial charge in [-0.1, -0.05) is 0 Å². The molecule has 0 aliphatic rings. The molecule has 0 fully saturated rings. The first kappa shape index (κ1) is 14.6.